The lowest BCUT2D eigenvalue weighted by atomic mass is 9.62. The van der Waals surface area contributed by atoms with Crippen molar-refractivity contribution in [2.75, 3.05) is 6.61 Å². The summed E-state index contributed by atoms with van der Waals surface area (Å²) in [5.41, 5.74) is 4.62. The van der Waals surface area contributed by atoms with Gasteiger partial charge < -0.3 is 9.53 Å². The van der Waals surface area contributed by atoms with E-state index in [1.165, 1.54) is 29.5 Å². The molecule has 0 spiro atoms. The van der Waals surface area contributed by atoms with Gasteiger partial charge in [0, 0.05) is 17.4 Å². The van der Waals surface area contributed by atoms with Crippen LogP contribution in [0.25, 0.3) is 0 Å². The fourth-order valence-electron chi connectivity index (χ4n) is 4.23. The van der Waals surface area contributed by atoms with Crippen LogP contribution >= 0.6 is 0 Å². The summed E-state index contributed by atoms with van der Waals surface area (Å²) in [6, 6.07) is 4.71. The standard InChI is InChI=1S/C22H32O2/c1-6-13-24-19-15-17-16(20(2,3)7-8-21(17,4)5)14-18(19)22(9-10-22)11-12-23/h12,14-15H,6-11,13H2,1-5H3. The molecule has 0 saturated heterocycles. The molecule has 2 nitrogen and oxygen atoms in total. The highest BCUT2D eigenvalue weighted by molar-refractivity contribution is 5.60. The molecule has 0 aromatic heterocycles. The zero-order valence-corrected chi connectivity index (χ0v) is 16.0. The van der Waals surface area contributed by atoms with Crippen molar-refractivity contribution in [3.63, 3.8) is 0 Å². The van der Waals surface area contributed by atoms with Gasteiger partial charge in [-0.1, -0.05) is 40.7 Å². The number of aldehydes is 1. The first-order valence-corrected chi connectivity index (χ1v) is 9.52. The maximum absolute atomic E-state index is 11.2. The van der Waals surface area contributed by atoms with Crippen LogP contribution in [0, 0.1) is 0 Å². The number of hydrogen-bond acceptors (Lipinski definition) is 2. The van der Waals surface area contributed by atoms with Crippen molar-refractivity contribution in [1.29, 1.82) is 0 Å². The molecule has 3 rings (SSSR count). The van der Waals surface area contributed by atoms with Crippen LogP contribution in [0.1, 0.15) is 89.8 Å². The molecule has 1 saturated carbocycles. The Bertz CT molecular complexity index is 636. The second-order valence-corrected chi connectivity index (χ2v) is 9.16. The van der Waals surface area contributed by atoms with Gasteiger partial charge in [-0.15, -0.1) is 0 Å². The molecular formula is C22H32O2. The summed E-state index contributed by atoms with van der Waals surface area (Å²) in [4.78, 5) is 11.2. The lowest BCUT2D eigenvalue weighted by Gasteiger charge is -2.42. The molecule has 24 heavy (non-hydrogen) atoms. The monoisotopic (exact) mass is 328 g/mol. The van der Waals surface area contributed by atoms with E-state index in [4.69, 9.17) is 4.74 Å². The number of carbonyl (C=O) groups is 1. The summed E-state index contributed by atoms with van der Waals surface area (Å²) in [6.45, 7) is 12.3. The molecule has 0 bridgehead atoms. The third kappa shape index (κ3) is 2.89. The normalized spacial score (nSPS) is 22.5. The van der Waals surface area contributed by atoms with E-state index in [2.05, 4.69) is 46.8 Å². The Morgan fingerprint density at radius 3 is 2.04 bits per heavy atom. The van der Waals surface area contributed by atoms with Crippen molar-refractivity contribution in [3.05, 3.63) is 28.8 Å². The Hall–Kier alpha value is -1.31. The van der Waals surface area contributed by atoms with Crippen molar-refractivity contribution in [2.24, 2.45) is 0 Å². The maximum Gasteiger partial charge on any atom is 0.123 e. The molecule has 1 aromatic carbocycles. The summed E-state index contributed by atoms with van der Waals surface area (Å²) in [5, 5.41) is 0. The summed E-state index contributed by atoms with van der Waals surface area (Å²) in [7, 11) is 0. The molecule has 0 N–H and O–H groups in total. The second kappa shape index (κ2) is 5.89. The number of rotatable bonds is 6. The van der Waals surface area contributed by atoms with Crippen molar-refractivity contribution in [3.8, 4) is 5.75 Å². The largest absolute Gasteiger partial charge is 0.493 e. The predicted octanol–water partition coefficient (Wildman–Crippen LogP) is 5.45. The Labute approximate surface area is 147 Å². The van der Waals surface area contributed by atoms with E-state index in [-0.39, 0.29) is 16.2 Å². The first-order chi connectivity index (χ1) is 11.3. The average molecular weight is 328 g/mol. The number of hydrogen-bond donors (Lipinski definition) is 0. The van der Waals surface area contributed by atoms with Crippen molar-refractivity contribution in [1.82, 2.24) is 0 Å². The van der Waals surface area contributed by atoms with Gasteiger partial charge in [0.1, 0.15) is 12.0 Å². The summed E-state index contributed by atoms with van der Waals surface area (Å²) in [6.07, 6.45) is 7.35. The first kappa shape index (κ1) is 17.5. The molecule has 2 aliphatic rings. The lowest BCUT2D eigenvalue weighted by molar-refractivity contribution is -0.108. The maximum atomic E-state index is 11.2. The minimum absolute atomic E-state index is 0.0392. The highest BCUT2D eigenvalue weighted by Crippen LogP contribution is 2.56. The molecule has 1 aromatic rings. The SMILES string of the molecule is CCCOc1cc2c(cc1C1(CC=O)CC1)C(C)(C)CCC2(C)C. The molecule has 2 aliphatic carbocycles. The third-order valence-corrected chi connectivity index (χ3v) is 6.31. The van der Waals surface area contributed by atoms with E-state index in [0.29, 0.717) is 6.42 Å². The van der Waals surface area contributed by atoms with E-state index in [0.717, 1.165) is 37.9 Å². The van der Waals surface area contributed by atoms with Crippen molar-refractivity contribution in [2.45, 2.75) is 89.4 Å². The van der Waals surface area contributed by atoms with Gasteiger partial charge in [0.15, 0.2) is 0 Å². The van der Waals surface area contributed by atoms with Crippen LogP contribution < -0.4 is 4.74 Å². The molecule has 2 heteroatoms. The lowest BCUT2D eigenvalue weighted by Crippen LogP contribution is -2.34. The molecule has 0 atom stereocenters. The predicted molar refractivity (Wildman–Crippen MR) is 99.1 cm³/mol. The molecule has 0 unspecified atom stereocenters. The topological polar surface area (TPSA) is 26.3 Å². The van der Waals surface area contributed by atoms with Crippen molar-refractivity contribution < 1.29 is 9.53 Å². The Morgan fingerprint density at radius 2 is 1.54 bits per heavy atom. The van der Waals surface area contributed by atoms with E-state index < -0.39 is 0 Å². The van der Waals surface area contributed by atoms with Gasteiger partial charge >= 0.3 is 0 Å². The Morgan fingerprint density at radius 1 is 0.958 bits per heavy atom. The van der Waals surface area contributed by atoms with Crippen LogP contribution in [-0.4, -0.2) is 12.9 Å². The highest BCUT2D eigenvalue weighted by atomic mass is 16.5. The minimum atomic E-state index is 0.0392. The van der Waals surface area contributed by atoms with Crippen LogP contribution in [0.2, 0.25) is 0 Å². The quantitative estimate of drug-likeness (QED) is 0.649. The smallest absolute Gasteiger partial charge is 0.123 e. The van der Waals surface area contributed by atoms with E-state index in [9.17, 15) is 4.79 Å². The van der Waals surface area contributed by atoms with Crippen LogP contribution in [-0.2, 0) is 21.0 Å². The van der Waals surface area contributed by atoms with E-state index in [1.807, 2.05) is 0 Å². The van der Waals surface area contributed by atoms with E-state index >= 15 is 0 Å². The number of carbonyl (C=O) groups excluding carboxylic acids is 1. The van der Waals surface area contributed by atoms with E-state index in [1.54, 1.807) is 0 Å². The molecular weight excluding hydrogens is 296 g/mol. The molecule has 132 valence electrons. The fourth-order valence-corrected chi connectivity index (χ4v) is 4.23. The molecule has 0 aliphatic heterocycles. The Kier molecular flexibility index (Phi) is 4.30. The van der Waals surface area contributed by atoms with Gasteiger partial charge in [-0.2, -0.15) is 0 Å². The van der Waals surface area contributed by atoms with Gasteiger partial charge in [-0.25, -0.2) is 0 Å². The van der Waals surface area contributed by atoms with Crippen LogP contribution in [0.4, 0.5) is 0 Å². The fraction of sp³-hybridized carbons (Fsp3) is 0.682. The van der Waals surface area contributed by atoms with Gasteiger partial charge in [0.2, 0.25) is 0 Å². The van der Waals surface area contributed by atoms with Gasteiger partial charge in [0.05, 0.1) is 6.61 Å². The summed E-state index contributed by atoms with van der Waals surface area (Å²) < 4.78 is 6.17. The summed E-state index contributed by atoms with van der Waals surface area (Å²) in [5.74, 6) is 1.03. The van der Waals surface area contributed by atoms with Gasteiger partial charge in [-0.05, 0) is 60.1 Å². The van der Waals surface area contributed by atoms with Crippen LogP contribution in [0.5, 0.6) is 5.75 Å². The number of fused-ring (bicyclic) bond motifs is 1. The average Bonchev–Trinajstić information content (AvgIpc) is 3.30. The highest BCUT2D eigenvalue weighted by Gasteiger charge is 2.47. The minimum Gasteiger partial charge on any atom is -0.493 e. The number of ether oxygens (including phenoxy) is 1. The second-order valence-electron chi connectivity index (χ2n) is 9.16. The van der Waals surface area contributed by atoms with Gasteiger partial charge in [0.25, 0.3) is 0 Å². The third-order valence-electron chi connectivity index (χ3n) is 6.31. The zero-order chi connectivity index (χ0) is 17.6. The molecule has 1 fully saturated rings. The van der Waals surface area contributed by atoms with Crippen LogP contribution in [0.3, 0.4) is 0 Å². The van der Waals surface area contributed by atoms with Gasteiger partial charge in [-0.3, -0.25) is 0 Å². The van der Waals surface area contributed by atoms with Crippen LogP contribution in [0.15, 0.2) is 12.1 Å². The summed E-state index contributed by atoms with van der Waals surface area (Å²) >= 11 is 0. The zero-order valence-electron chi connectivity index (χ0n) is 16.0. The van der Waals surface area contributed by atoms with Crippen molar-refractivity contribution >= 4 is 6.29 Å². The number of benzene rings is 1. The Balaban J connectivity index is 2.16. The molecule has 0 amide bonds. The first-order valence-electron chi connectivity index (χ1n) is 9.52. The molecule has 0 heterocycles. The molecule has 0 radical (unpaired) electrons.